The molecule has 3 rings (SSSR count). The molecule has 1 aliphatic heterocycles. The Kier molecular flexibility index (Phi) is 9.63. The summed E-state index contributed by atoms with van der Waals surface area (Å²) in [4.78, 5) is 18.7. The Morgan fingerprint density at radius 3 is 2.94 bits per heavy atom. The first-order valence-corrected chi connectivity index (χ1v) is 12.8. The molecule has 1 aliphatic rings. The van der Waals surface area contributed by atoms with Gasteiger partial charge in [0, 0.05) is 30.4 Å². The van der Waals surface area contributed by atoms with Gasteiger partial charge in [0.15, 0.2) is 0 Å². The minimum Gasteiger partial charge on any atom is -0.497 e. The number of pyridine rings is 1. The van der Waals surface area contributed by atoms with Crippen molar-refractivity contribution in [1.29, 1.82) is 0 Å². The van der Waals surface area contributed by atoms with Crippen LogP contribution in [0.25, 0.3) is 10.9 Å². The van der Waals surface area contributed by atoms with E-state index in [9.17, 15) is 15.0 Å². The number of piperidine rings is 1. The second-order valence-corrected chi connectivity index (χ2v) is 9.86. The molecule has 2 aromatic rings. The first-order chi connectivity index (χ1) is 15.5. The maximum absolute atomic E-state index is 12.0. The smallest absolute Gasteiger partial charge is 0.308 e. The standard InChI is InChI=1S/C25H36N2O4S/c1-3-4-14-32-15-13-27-12-10-18(22(17-27)25(29)30)5-8-24(28)20-9-11-26-23-7-6-19(31-2)16-21(20)23/h6-7,9,11,16,18,22,24,28H,3-5,8,10,12-15,17H2,1-2H3,(H,29,30)/t18-,22+,24?/m1/s1. The van der Waals surface area contributed by atoms with Crippen LogP contribution in [0.3, 0.4) is 0 Å². The first kappa shape index (κ1) is 24.8. The average Bonchev–Trinajstić information content (AvgIpc) is 2.81. The van der Waals surface area contributed by atoms with Crippen LogP contribution in [0.1, 0.15) is 50.7 Å². The third-order valence-electron chi connectivity index (χ3n) is 6.50. The van der Waals surface area contributed by atoms with Gasteiger partial charge in [0.25, 0.3) is 0 Å². The first-order valence-electron chi connectivity index (χ1n) is 11.7. The van der Waals surface area contributed by atoms with Crippen LogP contribution in [0.4, 0.5) is 0 Å². The molecular weight excluding hydrogens is 424 g/mol. The van der Waals surface area contributed by atoms with E-state index in [-0.39, 0.29) is 11.8 Å². The molecule has 176 valence electrons. The number of benzene rings is 1. The molecule has 2 heterocycles. The van der Waals surface area contributed by atoms with E-state index < -0.39 is 12.1 Å². The molecule has 3 atom stereocenters. The Balaban J connectivity index is 1.58. The molecule has 1 aromatic carbocycles. The molecule has 0 radical (unpaired) electrons. The van der Waals surface area contributed by atoms with Crippen LogP contribution in [0.15, 0.2) is 30.5 Å². The Morgan fingerprint density at radius 1 is 1.34 bits per heavy atom. The average molecular weight is 461 g/mol. The predicted molar refractivity (Wildman–Crippen MR) is 130 cm³/mol. The summed E-state index contributed by atoms with van der Waals surface area (Å²) in [5.41, 5.74) is 1.64. The van der Waals surface area contributed by atoms with Gasteiger partial charge in [0.05, 0.1) is 24.6 Å². The number of hydrogen-bond acceptors (Lipinski definition) is 6. The van der Waals surface area contributed by atoms with Crippen molar-refractivity contribution in [3.8, 4) is 5.75 Å². The quantitative estimate of drug-likeness (QED) is 0.448. The molecule has 7 heteroatoms. The number of aliphatic hydroxyl groups excluding tert-OH is 1. The van der Waals surface area contributed by atoms with E-state index >= 15 is 0 Å². The fraction of sp³-hybridized carbons (Fsp3) is 0.600. The van der Waals surface area contributed by atoms with E-state index in [1.54, 1.807) is 13.3 Å². The molecule has 1 aromatic heterocycles. The van der Waals surface area contributed by atoms with Gasteiger partial charge in [-0.2, -0.15) is 11.8 Å². The maximum Gasteiger partial charge on any atom is 0.308 e. The topological polar surface area (TPSA) is 82.9 Å². The van der Waals surface area contributed by atoms with Crippen LogP contribution in [-0.4, -0.2) is 64.3 Å². The van der Waals surface area contributed by atoms with Gasteiger partial charge in [0.2, 0.25) is 0 Å². The highest BCUT2D eigenvalue weighted by Crippen LogP contribution is 2.33. The van der Waals surface area contributed by atoms with Crippen LogP contribution in [0, 0.1) is 11.8 Å². The highest BCUT2D eigenvalue weighted by molar-refractivity contribution is 7.99. The third-order valence-corrected chi connectivity index (χ3v) is 7.55. The number of unbranched alkanes of at least 4 members (excludes halogenated alkanes) is 1. The van der Waals surface area contributed by atoms with E-state index in [0.29, 0.717) is 19.4 Å². The van der Waals surface area contributed by atoms with Gasteiger partial charge in [-0.15, -0.1) is 0 Å². The van der Waals surface area contributed by atoms with Crippen LogP contribution >= 0.6 is 11.8 Å². The lowest BCUT2D eigenvalue weighted by Crippen LogP contribution is -2.44. The number of carboxylic acid groups (broad SMARTS) is 1. The minimum absolute atomic E-state index is 0.0915. The summed E-state index contributed by atoms with van der Waals surface area (Å²) < 4.78 is 5.33. The Hall–Kier alpha value is -1.83. The molecular formula is C25H36N2O4S. The number of methoxy groups -OCH3 is 1. The van der Waals surface area contributed by atoms with Gasteiger partial charge in [-0.3, -0.25) is 9.78 Å². The number of aromatic nitrogens is 1. The monoisotopic (exact) mass is 460 g/mol. The van der Waals surface area contributed by atoms with Crippen LogP contribution < -0.4 is 4.74 Å². The molecule has 0 spiro atoms. The summed E-state index contributed by atoms with van der Waals surface area (Å²) in [5.74, 6) is 1.98. The predicted octanol–water partition coefficient (Wildman–Crippen LogP) is 4.61. The number of nitrogens with zero attached hydrogens (tertiary/aromatic N) is 2. The Morgan fingerprint density at radius 2 is 2.19 bits per heavy atom. The minimum atomic E-state index is -0.716. The van der Waals surface area contributed by atoms with Crippen molar-refractivity contribution in [2.75, 3.05) is 38.2 Å². The zero-order valence-electron chi connectivity index (χ0n) is 19.2. The van der Waals surface area contributed by atoms with E-state index in [2.05, 4.69) is 16.8 Å². The molecule has 1 unspecified atom stereocenters. The zero-order chi connectivity index (χ0) is 22.9. The largest absolute Gasteiger partial charge is 0.497 e. The molecule has 32 heavy (non-hydrogen) atoms. The zero-order valence-corrected chi connectivity index (χ0v) is 20.0. The van der Waals surface area contributed by atoms with Crippen molar-refractivity contribution in [2.45, 2.75) is 45.1 Å². The second kappa shape index (κ2) is 12.4. The number of fused-ring (bicyclic) bond motifs is 1. The number of aliphatic hydroxyl groups is 1. The molecule has 1 fully saturated rings. The number of rotatable bonds is 12. The molecule has 0 saturated carbocycles. The summed E-state index contributed by atoms with van der Waals surface area (Å²) in [5, 5.41) is 21.7. The number of carbonyl (C=O) groups is 1. The summed E-state index contributed by atoms with van der Waals surface area (Å²) in [6.45, 7) is 4.71. The van der Waals surface area contributed by atoms with Crippen molar-refractivity contribution < 1.29 is 19.7 Å². The van der Waals surface area contributed by atoms with Gasteiger partial charge in [-0.05, 0) is 73.7 Å². The van der Waals surface area contributed by atoms with Crippen LogP contribution in [-0.2, 0) is 4.79 Å². The van der Waals surface area contributed by atoms with E-state index in [4.69, 9.17) is 4.74 Å². The van der Waals surface area contributed by atoms with E-state index in [1.165, 1.54) is 18.6 Å². The molecule has 6 nitrogen and oxygen atoms in total. The number of thioether (sulfide) groups is 1. The van der Waals surface area contributed by atoms with Gasteiger partial charge in [-0.25, -0.2) is 0 Å². The molecule has 1 saturated heterocycles. The van der Waals surface area contributed by atoms with Crippen molar-refractivity contribution in [1.82, 2.24) is 9.88 Å². The number of likely N-dealkylation sites (tertiary alicyclic amines) is 1. The normalized spacial score (nSPS) is 20.3. The SMILES string of the molecule is CCCCSCCN1CC[C@@H](CCC(O)c2ccnc3ccc(OC)cc23)[C@@H](C(=O)O)C1. The lowest BCUT2D eigenvalue weighted by Gasteiger charge is -2.37. The highest BCUT2D eigenvalue weighted by atomic mass is 32.2. The van der Waals surface area contributed by atoms with Gasteiger partial charge in [-0.1, -0.05) is 13.3 Å². The summed E-state index contributed by atoms with van der Waals surface area (Å²) in [6, 6.07) is 7.50. The maximum atomic E-state index is 12.0. The van der Waals surface area contributed by atoms with Crippen molar-refractivity contribution >= 4 is 28.6 Å². The highest BCUT2D eigenvalue weighted by Gasteiger charge is 2.34. The fourth-order valence-corrected chi connectivity index (χ4v) is 5.61. The number of carboxylic acids is 1. The van der Waals surface area contributed by atoms with Crippen molar-refractivity contribution in [3.63, 3.8) is 0 Å². The fourth-order valence-electron chi connectivity index (χ4n) is 4.53. The third kappa shape index (κ3) is 6.59. The summed E-state index contributed by atoms with van der Waals surface area (Å²) in [6.07, 6.45) is 5.62. The Labute approximate surface area is 195 Å². The lowest BCUT2D eigenvalue weighted by molar-refractivity contribution is -0.146. The Bertz CT molecular complexity index is 878. The molecule has 2 N–H and O–H groups in total. The van der Waals surface area contributed by atoms with Gasteiger partial charge < -0.3 is 19.8 Å². The van der Waals surface area contributed by atoms with Gasteiger partial charge in [0.1, 0.15) is 5.75 Å². The van der Waals surface area contributed by atoms with Gasteiger partial charge >= 0.3 is 5.97 Å². The van der Waals surface area contributed by atoms with Crippen LogP contribution in [0.5, 0.6) is 5.75 Å². The number of aliphatic carboxylic acids is 1. The summed E-state index contributed by atoms with van der Waals surface area (Å²) in [7, 11) is 1.62. The van der Waals surface area contributed by atoms with E-state index in [1.807, 2.05) is 36.0 Å². The number of hydrogen-bond donors (Lipinski definition) is 2. The van der Waals surface area contributed by atoms with Crippen molar-refractivity contribution in [2.24, 2.45) is 11.8 Å². The van der Waals surface area contributed by atoms with Crippen molar-refractivity contribution in [3.05, 3.63) is 36.0 Å². The lowest BCUT2D eigenvalue weighted by atomic mass is 9.81. The number of ether oxygens (including phenoxy) is 1. The molecule has 0 bridgehead atoms. The van der Waals surface area contributed by atoms with Crippen LogP contribution in [0.2, 0.25) is 0 Å². The molecule has 0 amide bonds. The molecule has 0 aliphatic carbocycles. The van der Waals surface area contributed by atoms with E-state index in [0.717, 1.165) is 47.5 Å². The summed E-state index contributed by atoms with van der Waals surface area (Å²) >= 11 is 1.96. The second-order valence-electron chi connectivity index (χ2n) is 8.64.